The Labute approximate surface area is 148 Å². The molecule has 0 aromatic rings. The Hall–Kier alpha value is -1.72. The molecule has 138 valence electrons. The number of esters is 1. The van der Waals surface area contributed by atoms with Gasteiger partial charge in [0, 0.05) is 6.04 Å². The molecule has 25 heavy (non-hydrogen) atoms. The zero-order chi connectivity index (χ0) is 17.4. The Morgan fingerprint density at radius 3 is 2.40 bits per heavy atom. The first-order chi connectivity index (χ1) is 12.0. The van der Waals surface area contributed by atoms with Crippen LogP contribution in [0.2, 0.25) is 0 Å². The molecular formula is C19H27NO5. The largest absolute Gasteiger partial charge is 0.493 e. The second-order valence-electron chi connectivity index (χ2n) is 8.35. The molecule has 1 heterocycles. The second kappa shape index (κ2) is 6.54. The van der Waals surface area contributed by atoms with Crippen molar-refractivity contribution in [1.29, 1.82) is 0 Å². The summed E-state index contributed by atoms with van der Waals surface area (Å²) in [5.41, 5.74) is 0.247. The van der Waals surface area contributed by atoms with Gasteiger partial charge in [-0.1, -0.05) is 0 Å². The fraction of sp³-hybridized carbons (Fsp3) is 0.789. The monoisotopic (exact) mass is 349 g/mol. The first-order valence-corrected chi connectivity index (χ1v) is 9.45. The molecule has 1 N–H and O–H groups in total. The van der Waals surface area contributed by atoms with Crippen LogP contribution in [-0.2, 0) is 23.8 Å². The molecule has 0 radical (unpaired) electrons. The average molecular weight is 349 g/mol. The predicted molar refractivity (Wildman–Crippen MR) is 89.2 cm³/mol. The minimum absolute atomic E-state index is 0.0215. The number of amides is 1. The molecule has 4 saturated carbocycles. The van der Waals surface area contributed by atoms with E-state index in [2.05, 4.69) is 12.2 Å². The average Bonchev–Trinajstić information content (AvgIpc) is 2.59. The van der Waals surface area contributed by atoms with Crippen molar-refractivity contribution in [3.63, 3.8) is 0 Å². The van der Waals surface area contributed by atoms with Crippen molar-refractivity contribution in [3.05, 3.63) is 12.0 Å². The zero-order valence-electron chi connectivity index (χ0n) is 14.8. The summed E-state index contributed by atoms with van der Waals surface area (Å²) in [4.78, 5) is 24.1. The number of hydrogen-bond acceptors (Lipinski definition) is 5. The first-order valence-electron chi connectivity index (χ1n) is 9.45. The van der Waals surface area contributed by atoms with Crippen LogP contribution in [0.15, 0.2) is 12.0 Å². The number of hydrogen-bond donors (Lipinski definition) is 1. The summed E-state index contributed by atoms with van der Waals surface area (Å²) in [7, 11) is 0. The van der Waals surface area contributed by atoms with Gasteiger partial charge in [0.1, 0.15) is 19.5 Å². The quantitative estimate of drug-likeness (QED) is 0.770. The van der Waals surface area contributed by atoms with Crippen LogP contribution in [0.5, 0.6) is 0 Å². The molecule has 4 fully saturated rings. The first kappa shape index (κ1) is 16.7. The highest BCUT2D eigenvalue weighted by atomic mass is 16.6. The van der Waals surface area contributed by atoms with E-state index in [9.17, 15) is 9.59 Å². The number of ether oxygens (including phenoxy) is 3. The van der Waals surface area contributed by atoms with Crippen LogP contribution in [0.4, 0.5) is 0 Å². The normalized spacial score (nSPS) is 36.7. The van der Waals surface area contributed by atoms with Crippen LogP contribution >= 0.6 is 0 Å². The summed E-state index contributed by atoms with van der Waals surface area (Å²) in [6.45, 7) is 2.57. The van der Waals surface area contributed by atoms with Gasteiger partial charge in [-0.05, 0) is 68.6 Å². The van der Waals surface area contributed by atoms with Crippen LogP contribution in [0.25, 0.3) is 0 Å². The summed E-state index contributed by atoms with van der Waals surface area (Å²) in [5, 5.41) is 3.09. The summed E-state index contributed by atoms with van der Waals surface area (Å²) < 4.78 is 15.2. The van der Waals surface area contributed by atoms with Crippen molar-refractivity contribution in [2.24, 2.45) is 23.2 Å². The SMILES string of the molecule is C[C@@H](NC(=O)COC(=O)C1=COCCO1)C12CC3CC(CC(C3)C1)C2. The molecule has 6 nitrogen and oxygen atoms in total. The van der Waals surface area contributed by atoms with Crippen LogP contribution < -0.4 is 5.32 Å². The standard InChI is InChI=1S/C19H27NO5/c1-12(19-7-13-4-14(8-19)6-15(5-13)9-19)20-17(21)11-25-18(22)16-10-23-2-3-24-16/h10,12-15H,2-9,11H2,1H3,(H,20,21)/t12-,13?,14?,15?,19?/m1/s1. The zero-order valence-corrected chi connectivity index (χ0v) is 14.8. The Morgan fingerprint density at radius 1 is 1.20 bits per heavy atom. The van der Waals surface area contributed by atoms with E-state index in [0.29, 0.717) is 13.2 Å². The molecule has 4 bridgehead atoms. The lowest BCUT2D eigenvalue weighted by molar-refractivity contribution is -0.150. The fourth-order valence-electron chi connectivity index (χ4n) is 5.82. The van der Waals surface area contributed by atoms with E-state index in [0.717, 1.165) is 17.8 Å². The molecule has 1 amide bonds. The lowest BCUT2D eigenvalue weighted by atomic mass is 9.48. The van der Waals surface area contributed by atoms with E-state index in [4.69, 9.17) is 14.2 Å². The van der Waals surface area contributed by atoms with Gasteiger partial charge in [-0.25, -0.2) is 4.79 Å². The van der Waals surface area contributed by atoms with E-state index < -0.39 is 5.97 Å². The molecule has 0 saturated heterocycles. The highest BCUT2D eigenvalue weighted by molar-refractivity contribution is 5.88. The Kier molecular flexibility index (Phi) is 4.38. The third-order valence-electron chi connectivity index (χ3n) is 6.57. The highest BCUT2D eigenvalue weighted by Crippen LogP contribution is 2.61. The van der Waals surface area contributed by atoms with Gasteiger partial charge < -0.3 is 19.5 Å². The van der Waals surface area contributed by atoms with Gasteiger partial charge >= 0.3 is 5.97 Å². The topological polar surface area (TPSA) is 73.9 Å². The third kappa shape index (κ3) is 3.35. The van der Waals surface area contributed by atoms with Gasteiger partial charge in [0.25, 0.3) is 5.91 Å². The predicted octanol–water partition coefficient (Wildman–Crippen LogP) is 2.14. The van der Waals surface area contributed by atoms with Crippen LogP contribution in [0.1, 0.15) is 45.4 Å². The molecule has 0 aromatic carbocycles. The van der Waals surface area contributed by atoms with E-state index in [1.165, 1.54) is 44.8 Å². The Morgan fingerprint density at radius 2 is 1.84 bits per heavy atom. The fourth-order valence-corrected chi connectivity index (χ4v) is 5.82. The van der Waals surface area contributed by atoms with Gasteiger partial charge in [0.15, 0.2) is 6.61 Å². The number of rotatable bonds is 5. The number of carbonyl (C=O) groups excluding carboxylic acids is 2. The van der Waals surface area contributed by atoms with Crippen molar-refractivity contribution in [3.8, 4) is 0 Å². The number of nitrogens with one attached hydrogen (secondary N) is 1. The van der Waals surface area contributed by atoms with Crippen molar-refractivity contribution < 1.29 is 23.8 Å². The molecule has 0 aromatic heterocycles. The summed E-state index contributed by atoms with van der Waals surface area (Å²) in [5.74, 6) is 1.66. The molecule has 1 atom stereocenters. The molecular weight excluding hydrogens is 322 g/mol. The molecule has 1 aliphatic heterocycles. The van der Waals surface area contributed by atoms with Gasteiger partial charge in [0.05, 0.1) is 0 Å². The van der Waals surface area contributed by atoms with Crippen molar-refractivity contribution in [2.45, 2.75) is 51.5 Å². The maximum absolute atomic E-state index is 12.3. The highest BCUT2D eigenvalue weighted by Gasteiger charge is 2.53. The van der Waals surface area contributed by atoms with Crippen LogP contribution in [-0.4, -0.2) is 37.7 Å². The summed E-state index contributed by atoms with van der Waals surface area (Å²) >= 11 is 0. The molecule has 5 aliphatic rings. The minimum Gasteiger partial charge on any atom is -0.493 e. The van der Waals surface area contributed by atoms with E-state index >= 15 is 0 Å². The van der Waals surface area contributed by atoms with Crippen LogP contribution in [0, 0.1) is 23.2 Å². The maximum Gasteiger partial charge on any atom is 0.377 e. The van der Waals surface area contributed by atoms with Gasteiger partial charge in [-0.3, -0.25) is 4.79 Å². The van der Waals surface area contributed by atoms with Gasteiger partial charge in [0.2, 0.25) is 5.76 Å². The van der Waals surface area contributed by atoms with E-state index in [1.54, 1.807) is 0 Å². The van der Waals surface area contributed by atoms with Gasteiger partial charge in [-0.2, -0.15) is 0 Å². The van der Waals surface area contributed by atoms with E-state index in [1.807, 2.05) is 0 Å². The van der Waals surface area contributed by atoms with E-state index in [-0.39, 0.29) is 29.7 Å². The Bertz CT molecular complexity index is 549. The maximum atomic E-state index is 12.3. The summed E-state index contributed by atoms with van der Waals surface area (Å²) in [6, 6.07) is 0.126. The summed E-state index contributed by atoms with van der Waals surface area (Å²) in [6.07, 6.45) is 9.09. The molecule has 4 aliphatic carbocycles. The van der Waals surface area contributed by atoms with Gasteiger partial charge in [-0.15, -0.1) is 0 Å². The molecule has 5 rings (SSSR count). The van der Waals surface area contributed by atoms with Crippen LogP contribution in [0.3, 0.4) is 0 Å². The Balaban J connectivity index is 1.29. The number of carbonyl (C=O) groups is 2. The molecule has 0 unspecified atom stereocenters. The third-order valence-corrected chi connectivity index (χ3v) is 6.57. The second-order valence-corrected chi connectivity index (χ2v) is 8.35. The lowest BCUT2D eigenvalue weighted by Gasteiger charge is -2.59. The van der Waals surface area contributed by atoms with Crippen molar-refractivity contribution in [1.82, 2.24) is 5.32 Å². The molecule has 6 heteroatoms. The van der Waals surface area contributed by atoms with Crippen molar-refractivity contribution in [2.75, 3.05) is 19.8 Å². The van der Waals surface area contributed by atoms with Crippen molar-refractivity contribution >= 4 is 11.9 Å². The minimum atomic E-state index is -0.655. The smallest absolute Gasteiger partial charge is 0.377 e. The molecule has 0 spiro atoms. The lowest BCUT2D eigenvalue weighted by Crippen LogP contribution is -2.56.